The Labute approximate surface area is 160 Å². The van der Waals surface area contributed by atoms with Crippen LogP contribution in [0.3, 0.4) is 0 Å². The van der Waals surface area contributed by atoms with Crippen LogP contribution in [0.15, 0.2) is 36.8 Å². The summed E-state index contributed by atoms with van der Waals surface area (Å²) in [5.41, 5.74) is 0.389. The van der Waals surface area contributed by atoms with Gasteiger partial charge in [0.25, 0.3) is 5.91 Å². The number of piperazine rings is 1. The molecule has 1 saturated heterocycles. The Balaban J connectivity index is 1.48. The Morgan fingerprint density at radius 2 is 1.93 bits per heavy atom. The number of anilines is 2. The van der Waals surface area contributed by atoms with Crippen LogP contribution < -0.4 is 10.2 Å². The standard InChI is InChI=1S/C19H27N7O/c1-24(2)9-5-8-20-17-15-22-16(14-23-17)19(27)26-12-10-25(11-13-26)18-6-3-4-7-21-18/h3-4,6-7,14-15H,5,8-13H2,1-2H3,(H,20,23). The lowest BCUT2D eigenvalue weighted by Crippen LogP contribution is -2.49. The highest BCUT2D eigenvalue weighted by molar-refractivity contribution is 5.92. The van der Waals surface area contributed by atoms with Gasteiger partial charge in [-0.05, 0) is 39.2 Å². The van der Waals surface area contributed by atoms with Gasteiger partial charge in [-0.25, -0.2) is 15.0 Å². The lowest BCUT2D eigenvalue weighted by Gasteiger charge is -2.35. The van der Waals surface area contributed by atoms with Gasteiger partial charge in [0.2, 0.25) is 0 Å². The van der Waals surface area contributed by atoms with Crippen molar-refractivity contribution < 1.29 is 4.79 Å². The minimum Gasteiger partial charge on any atom is -0.369 e. The van der Waals surface area contributed by atoms with Crippen molar-refractivity contribution in [3.05, 3.63) is 42.5 Å². The fourth-order valence-corrected chi connectivity index (χ4v) is 2.98. The summed E-state index contributed by atoms with van der Waals surface area (Å²) >= 11 is 0. The van der Waals surface area contributed by atoms with E-state index in [1.165, 1.54) is 0 Å². The van der Waals surface area contributed by atoms with Crippen LogP contribution in [-0.2, 0) is 0 Å². The molecule has 8 heteroatoms. The number of amides is 1. The van der Waals surface area contributed by atoms with Gasteiger partial charge in [0.15, 0.2) is 0 Å². The number of carbonyl (C=O) groups excluding carboxylic acids is 1. The lowest BCUT2D eigenvalue weighted by atomic mass is 10.2. The highest BCUT2D eigenvalue weighted by Gasteiger charge is 2.23. The molecule has 1 N–H and O–H groups in total. The lowest BCUT2D eigenvalue weighted by molar-refractivity contribution is 0.0740. The van der Waals surface area contributed by atoms with Gasteiger partial charge < -0.3 is 20.0 Å². The highest BCUT2D eigenvalue weighted by Crippen LogP contribution is 2.14. The van der Waals surface area contributed by atoms with E-state index >= 15 is 0 Å². The Hall–Kier alpha value is -2.74. The first-order valence-electron chi connectivity index (χ1n) is 9.29. The Bertz CT molecular complexity index is 713. The highest BCUT2D eigenvalue weighted by atomic mass is 16.2. The summed E-state index contributed by atoms with van der Waals surface area (Å²) in [7, 11) is 4.10. The third-order valence-corrected chi connectivity index (χ3v) is 4.50. The minimum absolute atomic E-state index is 0.0673. The van der Waals surface area contributed by atoms with Gasteiger partial charge in [-0.1, -0.05) is 6.07 Å². The van der Waals surface area contributed by atoms with Crippen molar-refractivity contribution in [2.24, 2.45) is 0 Å². The molecule has 2 aromatic rings. The predicted molar refractivity (Wildman–Crippen MR) is 106 cm³/mol. The zero-order chi connectivity index (χ0) is 19.1. The van der Waals surface area contributed by atoms with Crippen LogP contribution in [0.2, 0.25) is 0 Å². The SMILES string of the molecule is CN(C)CCCNc1cnc(C(=O)N2CCN(c3ccccn3)CC2)cn1. The van der Waals surface area contributed by atoms with E-state index in [0.29, 0.717) is 24.6 Å². The van der Waals surface area contributed by atoms with E-state index in [0.717, 1.165) is 38.4 Å². The van der Waals surface area contributed by atoms with Gasteiger partial charge in [0.1, 0.15) is 17.3 Å². The van der Waals surface area contributed by atoms with Crippen molar-refractivity contribution in [3.63, 3.8) is 0 Å². The first kappa shape index (κ1) is 19.0. The van der Waals surface area contributed by atoms with Gasteiger partial charge in [-0.2, -0.15) is 0 Å². The smallest absolute Gasteiger partial charge is 0.274 e. The number of pyridine rings is 1. The first-order valence-corrected chi connectivity index (χ1v) is 9.29. The molecular formula is C19H27N7O. The van der Waals surface area contributed by atoms with E-state index in [9.17, 15) is 4.79 Å². The molecule has 3 heterocycles. The summed E-state index contributed by atoms with van der Waals surface area (Å²) in [5.74, 6) is 1.58. The third kappa shape index (κ3) is 5.37. The van der Waals surface area contributed by atoms with Gasteiger partial charge in [0.05, 0.1) is 12.4 Å². The molecule has 0 unspecified atom stereocenters. The molecule has 0 aromatic carbocycles. The van der Waals surface area contributed by atoms with Gasteiger partial charge in [0, 0.05) is 38.9 Å². The summed E-state index contributed by atoms with van der Waals surface area (Å²) in [5, 5.41) is 3.23. The molecule has 0 bridgehead atoms. The van der Waals surface area contributed by atoms with Crippen LogP contribution >= 0.6 is 0 Å². The third-order valence-electron chi connectivity index (χ3n) is 4.50. The van der Waals surface area contributed by atoms with E-state index in [-0.39, 0.29) is 5.91 Å². The summed E-state index contributed by atoms with van der Waals surface area (Å²) in [6, 6.07) is 5.88. The fourth-order valence-electron chi connectivity index (χ4n) is 2.98. The van der Waals surface area contributed by atoms with Crippen molar-refractivity contribution in [1.82, 2.24) is 24.8 Å². The fraction of sp³-hybridized carbons (Fsp3) is 0.474. The molecule has 0 atom stereocenters. The zero-order valence-electron chi connectivity index (χ0n) is 16.0. The van der Waals surface area contributed by atoms with Crippen molar-refractivity contribution >= 4 is 17.5 Å². The summed E-state index contributed by atoms with van der Waals surface area (Å²) in [6.07, 6.45) is 6.00. The largest absolute Gasteiger partial charge is 0.369 e. The Morgan fingerprint density at radius 1 is 1.11 bits per heavy atom. The van der Waals surface area contributed by atoms with Gasteiger partial charge in [-0.15, -0.1) is 0 Å². The number of hydrogen-bond donors (Lipinski definition) is 1. The maximum Gasteiger partial charge on any atom is 0.274 e. The monoisotopic (exact) mass is 369 g/mol. The second-order valence-corrected chi connectivity index (χ2v) is 6.84. The van der Waals surface area contributed by atoms with Gasteiger partial charge >= 0.3 is 0 Å². The number of nitrogens with one attached hydrogen (secondary N) is 1. The molecule has 0 saturated carbocycles. The predicted octanol–water partition coefficient (Wildman–Crippen LogP) is 1.20. The molecule has 1 aliphatic heterocycles. The molecular weight excluding hydrogens is 342 g/mol. The molecule has 1 amide bonds. The van der Waals surface area contributed by atoms with E-state index in [1.807, 2.05) is 23.1 Å². The first-order chi connectivity index (χ1) is 13.1. The molecule has 8 nitrogen and oxygen atoms in total. The van der Waals surface area contributed by atoms with E-state index in [2.05, 4.69) is 44.2 Å². The van der Waals surface area contributed by atoms with E-state index < -0.39 is 0 Å². The van der Waals surface area contributed by atoms with Crippen LogP contribution in [0.25, 0.3) is 0 Å². The van der Waals surface area contributed by atoms with E-state index in [1.54, 1.807) is 18.6 Å². The number of carbonyl (C=O) groups is 1. The van der Waals surface area contributed by atoms with Crippen LogP contribution in [-0.4, -0.2) is 84.0 Å². The summed E-state index contributed by atoms with van der Waals surface area (Å²) in [6.45, 7) is 4.68. The van der Waals surface area contributed by atoms with Crippen LogP contribution in [0.1, 0.15) is 16.9 Å². The van der Waals surface area contributed by atoms with Crippen molar-refractivity contribution in [1.29, 1.82) is 0 Å². The minimum atomic E-state index is -0.0673. The molecule has 144 valence electrons. The molecule has 2 aromatic heterocycles. The Morgan fingerprint density at radius 3 is 2.56 bits per heavy atom. The average Bonchev–Trinajstić information content (AvgIpc) is 2.72. The van der Waals surface area contributed by atoms with E-state index in [4.69, 9.17) is 0 Å². The molecule has 1 fully saturated rings. The van der Waals surface area contributed by atoms with Crippen LogP contribution in [0.5, 0.6) is 0 Å². The maximum atomic E-state index is 12.7. The molecule has 27 heavy (non-hydrogen) atoms. The number of hydrogen-bond acceptors (Lipinski definition) is 7. The average molecular weight is 369 g/mol. The number of nitrogens with zero attached hydrogens (tertiary/aromatic N) is 6. The quantitative estimate of drug-likeness (QED) is 0.735. The normalized spacial score (nSPS) is 14.5. The second kappa shape index (κ2) is 9.27. The number of rotatable bonds is 7. The zero-order valence-corrected chi connectivity index (χ0v) is 16.0. The maximum absolute atomic E-state index is 12.7. The Kier molecular flexibility index (Phi) is 6.54. The molecule has 0 radical (unpaired) electrons. The topological polar surface area (TPSA) is 77.5 Å². The second-order valence-electron chi connectivity index (χ2n) is 6.84. The van der Waals surface area contributed by atoms with Crippen LogP contribution in [0.4, 0.5) is 11.6 Å². The van der Waals surface area contributed by atoms with Crippen LogP contribution in [0, 0.1) is 0 Å². The van der Waals surface area contributed by atoms with Gasteiger partial charge in [-0.3, -0.25) is 4.79 Å². The molecule has 1 aliphatic rings. The molecule has 0 spiro atoms. The number of aromatic nitrogens is 3. The summed E-state index contributed by atoms with van der Waals surface area (Å²) < 4.78 is 0. The van der Waals surface area contributed by atoms with Crippen molar-refractivity contribution in [2.45, 2.75) is 6.42 Å². The van der Waals surface area contributed by atoms with Crippen molar-refractivity contribution in [2.75, 3.05) is 63.6 Å². The molecule has 0 aliphatic carbocycles. The molecule has 3 rings (SSSR count). The van der Waals surface area contributed by atoms with Crippen molar-refractivity contribution in [3.8, 4) is 0 Å². The summed E-state index contributed by atoms with van der Waals surface area (Å²) in [4.78, 5) is 31.8.